The standard InChI is InChI=1S/C12H17N3O2/c1-12(2)8(5-9(12)16)15-10-4-3-7(6-14-10)11(13)17/h3-4,6,8-9,16H,5H2,1-2H3,(H2,13,17)(H,14,15). The maximum Gasteiger partial charge on any atom is 0.250 e. The van der Waals surface area contributed by atoms with Crippen molar-refractivity contribution in [1.29, 1.82) is 0 Å². The molecule has 17 heavy (non-hydrogen) atoms. The van der Waals surface area contributed by atoms with Crippen LogP contribution in [0.5, 0.6) is 0 Å². The van der Waals surface area contributed by atoms with Gasteiger partial charge in [-0.1, -0.05) is 13.8 Å². The first-order valence-electron chi connectivity index (χ1n) is 5.61. The van der Waals surface area contributed by atoms with E-state index < -0.39 is 5.91 Å². The smallest absolute Gasteiger partial charge is 0.250 e. The molecule has 5 heteroatoms. The van der Waals surface area contributed by atoms with Gasteiger partial charge in [-0.25, -0.2) is 4.98 Å². The van der Waals surface area contributed by atoms with Crippen LogP contribution in [0.1, 0.15) is 30.6 Å². The summed E-state index contributed by atoms with van der Waals surface area (Å²) in [7, 11) is 0. The first-order valence-corrected chi connectivity index (χ1v) is 5.61. The fourth-order valence-corrected chi connectivity index (χ4v) is 1.95. The Morgan fingerprint density at radius 3 is 2.71 bits per heavy atom. The summed E-state index contributed by atoms with van der Waals surface area (Å²) in [6, 6.07) is 3.56. The van der Waals surface area contributed by atoms with Crippen molar-refractivity contribution in [2.24, 2.45) is 11.1 Å². The lowest BCUT2D eigenvalue weighted by Gasteiger charge is -2.49. The van der Waals surface area contributed by atoms with E-state index in [4.69, 9.17) is 5.73 Å². The van der Waals surface area contributed by atoms with Gasteiger partial charge in [0.15, 0.2) is 0 Å². The van der Waals surface area contributed by atoms with Crippen LogP contribution in [0.25, 0.3) is 0 Å². The molecule has 92 valence electrons. The lowest BCUT2D eigenvalue weighted by atomic mass is 9.64. The van der Waals surface area contributed by atoms with Gasteiger partial charge in [-0.2, -0.15) is 0 Å². The first kappa shape index (κ1) is 11.9. The monoisotopic (exact) mass is 235 g/mol. The SMILES string of the molecule is CC1(C)C(O)CC1Nc1ccc(C(N)=O)cn1. The summed E-state index contributed by atoms with van der Waals surface area (Å²) < 4.78 is 0. The number of anilines is 1. The van der Waals surface area contributed by atoms with Crippen molar-refractivity contribution in [3.63, 3.8) is 0 Å². The van der Waals surface area contributed by atoms with E-state index in [1.54, 1.807) is 12.1 Å². The quantitative estimate of drug-likeness (QED) is 0.721. The van der Waals surface area contributed by atoms with E-state index in [0.717, 1.165) is 0 Å². The highest BCUT2D eigenvalue weighted by molar-refractivity contribution is 5.92. The number of carbonyl (C=O) groups is 1. The molecule has 0 radical (unpaired) electrons. The highest BCUT2D eigenvalue weighted by atomic mass is 16.3. The zero-order valence-electron chi connectivity index (χ0n) is 9.97. The molecular weight excluding hydrogens is 218 g/mol. The number of carbonyl (C=O) groups excluding carboxylic acids is 1. The van der Waals surface area contributed by atoms with E-state index in [2.05, 4.69) is 10.3 Å². The Hall–Kier alpha value is -1.62. The molecule has 1 fully saturated rings. The third kappa shape index (κ3) is 2.10. The normalized spacial score (nSPS) is 26.1. The molecule has 1 aromatic rings. The average Bonchev–Trinajstić information content (AvgIpc) is 2.29. The molecule has 1 aromatic heterocycles. The van der Waals surface area contributed by atoms with Crippen LogP contribution in [-0.2, 0) is 0 Å². The zero-order valence-corrected chi connectivity index (χ0v) is 9.97. The van der Waals surface area contributed by atoms with Gasteiger partial charge in [0.25, 0.3) is 0 Å². The van der Waals surface area contributed by atoms with Gasteiger partial charge in [-0.05, 0) is 18.6 Å². The second-order valence-corrected chi connectivity index (χ2v) is 5.07. The van der Waals surface area contributed by atoms with E-state index in [9.17, 15) is 9.90 Å². The van der Waals surface area contributed by atoms with Gasteiger partial charge < -0.3 is 16.2 Å². The van der Waals surface area contributed by atoms with E-state index in [-0.39, 0.29) is 17.6 Å². The minimum Gasteiger partial charge on any atom is -0.392 e. The third-order valence-corrected chi connectivity index (χ3v) is 3.59. The Morgan fingerprint density at radius 2 is 2.29 bits per heavy atom. The number of pyridine rings is 1. The molecule has 4 N–H and O–H groups in total. The summed E-state index contributed by atoms with van der Waals surface area (Å²) in [4.78, 5) is 15.0. The topological polar surface area (TPSA) is 88.2 Å². The van der Waals surface area contributed by atoms with Crippen molar-refractivity contribution in [3.05, 3.63) is 23.9 Å². The van der Waals surface area contributed by atoms with Crippen molar-refractivity contribution in [1.82, 2.24) is 4.98 Å². The van der Waals surface area contributed by atoms with Crippen molar-refractivity contribution in [2.45, 2.75) is 32.4 Å². The number of aliphatic hydroxyl groups is 1. The minimum absolute atomic E-state index is 0.149. The van der Waals surface area contributed by atoms with E-state index in [1.807, 2.05) is 13.8 Å². The fourth-order valence-electron chi connectivity index (χ4n) is 1.95. The zero-order chi connectivity index (χ0) is 12.6. The fraction of sp³-hybridized carbons (Fsp3) is 0.500. The van der Waals surface area contributed by atoms with Crippen molar-refractivity contribution in [2.75, 3.05) is 5.32 Å². The maximum atomic E-state index is 10.9. The summed E-state index contributed by atoms with van der Waals surface area (Å²) in [6.45, 7) is 4.02. The highest BCUT2D eigenvalue weighted by Crippen LogP contribution is 2.41. The summed E-state index contributed by atoms with van der Waals surface area (Å²) in [6.07, 6.45) is 1.89. The molecule has 0 bridgehead atoms. The summed E-state index contributed by atoms with van der Waals surface area (Å²) >= 11 is 0. The molecule has 1 heterocycles. The molecule has 1 saturated carbocycles. The van der Waals surface area contributed by atoms with Gasteiger partial charge >= 0.3 is 0 Å². The van der Waals surface area contributed by atoms with Gasteiger partial charge in [0.2, 0.25) is 5.91 Å². The molecule has 0 aromatic carbocycles. The van der Waals surface area contributed by atoms with E-state index >= 15 is 0 Å². The average molecular weight is 235 g/mol. The summed E-state index contributed by atoms with van der Waals surface area (Å²) in [5.41, 5.74) is 5.37. The second kappa shape index (κ2) is 4.00. The number of primary amides is 1. The Morgan fingerprint density at radius 1 is 1.59 bits per heavy atom. The van der Waals surface area contributed by atoms with Gasteiger partial charge in [0.05, 0.1) is 11.7 Å². The van der Waals surface area contributed by atoms with Gasteiger partial charge in [0.1, 0.15) is 5.82 Å². The van der Waals surface area contributed by atoms with Crippen LogP contribution in [-0.4, -0.2) is 28.1 Å². The van der Waals surface area contributed by atoms with E-state index in [0.29, 0.717) is 17.8 Å². The Bertz CT molecular complexity index is 428. The van der Waals surface area contributed by atoms with Gasteiger partial charge in [0, 0.05) is 17.7 Å². The van der Waals surface area contributed by atoms with Gasteiger partial charge in [-0.3, -0.25) is 4.79 Å². The van der Waals surface area contributed by atoms with Crippen LogP contribution in [0.2, 0.25) is 0 Å². The van der Waals surface area contributed by atoms with Crippen LogP contribution in [0.3, 0.4) is 0 Å². The Labute approximate surface area is 100 Å². The van der Waals surface area contributed by atoms with Crippen LogP contribution < -0.4 is 11.1 Å². The first-order chi connectivity index (χ1) is 7.91. The molecule has 2 atom stereocenters. The molecule has 1 amide bonds. The lowest BCUT2D eigenvalue weighted by Crippen LogP contribution is -2.57. The predicted molar refractivity (Wildman–Crippen MR) is 64.6 cm³/mol. The summed E-state index contributed by atoms with van der Waals surface area (Å²) in [5.74, 6) is 0.212. The van der Waals surface area contributed by atoms with Crippen molar-refractivity contribution >= 4 is 11.7 Å². The predicted octanol–water partition coefficient (Wildman–Crippen LogP) is 0.752. The molecule has 5 nitrogen and oxygen atoms in total. The number of amides is 1. The highest BCUT2D eigenvalue weighted by Gasteiger charge is 2.47. The van der Waals surface area contributed by atoms with Crippen molar-refractivity contribution < 1.29 is 9.90 Å². The number of hydrogen-bond acceptors (Lipinski definition) is 4. The molecule has 0 aliphatic heterocycles. The van der Waals surface area contributed by atoms with Crippen LogP contribution in [0.15, 0.2) is 18.3 Å². The number of nitrogens with one attached hydrogen (secondary N) is 1. The Kier molecular flexibility index (Phi) is 2.79. The molecule has 0 spiro atoms. The van der Waals surface area contributed by atoms with Gasteiger partial charge in [-0.15, -0.1) is 0 Å². The van der Waals surface area contributed by atoms with Crippen molar-refractivity contribution in [3.8, 4) is 0 Å². The largest absolute Gasteiger partial charge is 0.392 e. The van der Waals surface area contributed by atoms with E-state index in [1.165, 1.54) is 6.20 Å². The number of aromatic nitrogens is 1. The second-order valence-electron chi connectivity index (χ2n) is 5.07. The molecular formula is C12H17N3O2. The molecule has 1 aliphatic carbocycles. The number of rotatable bonds is 3. The van der Waals surface area contributed by atoms with Crippen LogP contribution >= 0.6 is 0 Å². The number of aliphatic hydroxyl groups excluding tert-OH is 1. The number of hydrogen-bond donors (Lipinski definition) is 3. The van der Waals surface area contributed by atoms with Crippen LogP contribution in [0, 0.1) is 5.41 Å². The molecule has 0 saturated heterocycles. The lowest BCUT2D eigenvalue weighted by molar-refractivity contribution is -0.0511. The summed E-state index contributed by atoms with van der Waals surface area (Å²) in [5, 5.41) is 12.9. The number of nitrogens with zero attached hydrogens (tertiary/aromatic N) is 1. The van der Waals surface area contributed by atoms with Crippen LogP contribution in [0.4, 0.5) is 5.82 Å². The molecule has 2 unspecified atom stereocenters. The minimum atomic E-state index is -0.483. The number of nitrogens with two attached hydrogens (primary N) is 1. The maximum absolute atomic E-state index is 10.9. The molecule has 1 aliphatic rings. The third-order valence-electron chi connectivity index (χ3n) is 3.59. The molecule has 2 rings (SSSR count). The Balaban J connectivity index is 2.03.